The molecule has 1 aliphatic carbocycles. The fraction of sp³-hybridized carbons (Fsp3) is 0.429. The summed E-state index contributed by atoms with van der Waals surface area (Å²) in [7, 11) is 0. The molecule has 1 amide bonds. The number of carbonyl (C=O) groups excluding carboxylic acids is 1. The minimum absolute atomic E-state index is 0.0418. The van der Waals surface area contributed by atoms with Gasteiger partial charge in [-0.1, -0.05) is 25.3 Å². The Morgan fingerprint density at radius 1 is 1.28 bits per heavy atom. The van der Waals surface area contributed by atoms with Gasteiger partial charge in [-0.05, 0) is 43.5 Å². The molecule has 0 spiro atoms. The van der Waals surface area contributed by atoms with Crippen molar-refractivity contribution in [3.63, 3.8) is 0 Å². The summed E-state index contributed by atoms with van der Waals surface area (Å²) in [6.45, 7) is -0.883. The zero-order valence-corrected chi connectivity index (χ0v) is 16.3. The normalized spacial score (nSPS) is 15.0. The molecular weight excluding hydrogens is 380 g/mol. The van der Waals surface area contributed by atoms with Crippen LogP contribution < -0.4 is 14.8 Å². The molecule has 0 unspecified atom stereocenters. The number of rotatable bonds is 8. The van der Waals surface area contributed by atoms with E-state index in [0.29, 0.717) is 24.0 Å². The van der Waals surface area contributed by atoms with Gasteiger partial charge < -0.3 is 14.8 Å². The Bertz CT molecular complexity index is 845. The second-order valence-electron chi connectivity index (χ2n) is 6.79. The largest absolute Gasteiger partial charge is 0.490 e. The van der Waals surface area contributed by atoms with Gasteiger partial charge in [-0.15, -0.1) is 0 Å². The van der Waals surface area contributed by atoms with Crippen LogP contribution in [0.1, 0.15) is 50.6 Å². The predicted octanol–water partition coefficient (Wildman–Crippen LogP) is 5.04. The third kappa shape index (κ3) is 5.79. The minimum atomic E-state index is -2.93. The van der Waals surface area contributed by atoms with Gasteiger partial charge in [-0.3, -0.25) is 4.79 Å². The predicted molar refractivity (Wildman–Crippen MR) is 106 cm³/mol. The van der Waals surface area contributed by atoms with Gasteiger partial charge in [0.15, 0.2) is 11.5 Å². The number of alkyl halides is 2. The van der Waals surface area contributed by atoms with Gasteiger partial charge in [0.1, 0.15) is 5.82 Å². The molecule has 1 aromatic carbocycles. The van der Waals surface area contributed by atoms with E-state index in [1.807, 2.05) is 4.68 Å². The number of halogens is 2. The van der Waals surface area contributed by atoms with Crippen LogP contribution in [-0.2, 0) is 4.79 Å². The zero-order chi connectivity index (χ0) is 20.6. The Balaban J connectivity index is 1.66. The summed E-state index contributed by atoms with van der Waals surface area (Å²) in [6.07, 6.45) is 10.4. The molecule has 0 saturated heterocycles. The fourth-order valence-corrected chi connectivity index (χ4v) is 3.46. The van der Waals surface area contributed by atoms with Gasteiger partial charge >= 0.3 is 6.61 Å². The standard InChI is InChI=1S/C21H25F2N3O3/c1-2-28-18-14-15(8-10-17(18)29-21(22)23)9-11-20(27)25-19-12-13-24-26(19)16-6-4-3-5-7-16/h8-14,16,21H,2-7H2,1H3,(H,25,27)/b11-9+. The van der Waals surface area contributed by atoms with Crippen molar-refractivity contribution in [2.45, 2.75) is 51.7 Å². The number of anilines is 1. The van der Waals surface area contributed by atoms with Crippen molar-refractivity contribution >= 4 is 17.8 Å². The highest BCUT2D eigenvalue weighted by atomic mass is 19.3. The van der Waals surface area contributed by atoms with E-state index in [1.54, 1.807) is 37.4 Å². The maximum absolute atomic E-state index is 12.5. The molecule has 29 heavy (non-hydrogen) atoms. The van der Waals surface area contributed by atoms with Crippen molar-refractivity contribution in [3.8, 4) is 11.5 Å². The number of hydrogen-bond acceptors (Lipinski definition) is 4. The van der Waals surface area contributed by atoms with Gasteiger partial charge in [0.05, 0.1) is 18.8 Å². The molecule has 2 aromatic rings. The first-order valence-electron chi connectivity index (χ1n) is 9.81. The second-order valence-corrected chi connectivity index (χ2v) is 6.79. The van der Waals surface area contributed by atoms with E-state index in [2.05, 4.69) is 15.2 Å². The van der Waals surface area contributed by atoms with E-state index in [1.165, 1.54) is 31.4 Å². The van der Waals surface area contributed by atoms with Crippen molar-refractivity contribution in [1.82, 2.24) is 9.78 Å². The van der Waals surface area contributed by atoms with E-state index in [0.717, 1.165) is 12.8 Å². The average Bonchev–Trinajstić information content (AvgIpc) is 3.16. The molecule has 1 fully saturated rings. The summed E-state index contributed by atoms with van der Waals surface area (Å²) >= 11 is 0. The molecule has 1 N–H and O–H groups in total. The monoisotopic (exact) mass is 405 g/mol. The van der Waals surface area contributed by atoms with Crippen LogP contribution in [0.4, 0.5) is 14.6 Å². The van der Waals surface area contributed by atoms with Crippen LogP contribution in [-0.4, -0.2) is 28.9 Å². The molecule has 0 bridgehead atoms. The molecule has 1 aliphatic rings. The third-order valence-corrected chi connectivity index (χ3v) is 4.75. The van der Waals surface area contributed by atoms with E-state index >= 15 is 0 Å². The van der Waals surface area contributed by atoms with Crippen LogP contribution in [0.3, 0.4) is 0 Å². The third-order valence-electron chi connectivity index (χ3n) is 4.75. The van der Waals surface area contributed by atoms with Gasteiger partial charge in [-0.2, -0.15) is 13.9 Å². The number of ether oxygens (including phenoxy) is 2. The minimum Gasteiger partial charge on any atom is -0.490 e. The molecule has 1 aromatic heterocycles. The lowest BCUT2D eigenvalue weighted by Crippen LogP contribution is -2.19. The van der Waals surface area contributed by atoms with Crippen molar-refractivity contribution in [1.29, 1.82) is 0 Å². The SMILES string of the molecule is CCOc1cc(/C=C/C(=O)Nc2ccnn2C2CCCCC2)ccc1OC(F)F. The van der Waals surface area contributed by atoms with Crippen LogP contribution in [0.5, 0.6) is 11.5 Å². The fourth-order valence-electron chi connectivity index (χ4n) is 3.46. The van der Waals surface area contributed by atoms with Gasteiger partial charge in [-0.25, -0.2) is 4.68 Å². The quantitative estimate of drug-likeness (QED) is 0.625. The lowest BCUT2D eigenvalue weighted by atomic mass is 9.96. The van der Waals surface area contributed by atoms with E-state index in [9.17, 15) is 13.6 Å². The Kier molecular flexibility index (Phi) is 7.21. The number of hydrogen-bond donors (Lipinski definition) is 1. The van der Waals surface area contributed by atoms with Gasteiger partial charge in [0.2, 0.25) is 5.91 Å². The van der Waals surface area contributed by atoms with Crippen LogP contribution in [0.2, 0.25) is 0 Å². The second kappa shape index (κ2) is 10.0. The molecule has 1 heterocycles. The highest BCUT2D eigenvalue weighted by Gasteiger charge is 2.18. The van der Waals surface area contributed by atoms with Crippen molar-refractivity contribution in [2.24, 2.45) is 0 Å². The first-order chi connectivity index (χ1) is 14.1. The molecular formula is C21H25F2N3O3. The first kappa shape index (κ1) is 20.8. The number of benzene rings is 1. The summed E-state index contributed by atoms with van der Waals surface area (Å²) in [6, 6.07) is 6.62. The number of nitrogens with zero attached hydrogens (tertiary/aromatic N) is 2. The highest BCUT2D eigenvalue weighted by Crippen LogP contribution is 2.31. The van der Waals surface area contributed by atoms with Crippen LogP contribution in [0.25, 0.3) is 6.08 Å². The maximum atomic E-state index is 12.5. The van der Waals surface area contributed by atoms with Crippen molar-refractivity contribution in [2.75, 3.05) is 11.9 Å². The summed E-state index contributed by atoms with van der Waals surface area (Å²) in [5.41, 5.74) is 0.631. The van der Waals surface area contributed by atoms with Gasteiger partial charge in [0.25, 0.3) is 0 Å². The van der Waals surface area contributed by atoms with Crippen LogP contribution in [0.15, 0.2) is 36.5 Å². The van der Waals surface area contributed by atoms with E-state index in [-0.39, 0.29) is 17.4 Å². The maximum Gasteiger partial charge on any atom is 0.387 e. The Hall–Kier alpha value is -2.90. The van der Waals surface area contributed by atoms with Crippen molar-refractivity contribution < 1.29 is 23.0 Å². The molecule has 3 rings (SSSR count). The number of amides is 1. The van der Waals surface area contributed by atoms with Crippen LogP contribution >= 0.6 is 0 Å². The molecule has 8 heteroatoms. The lowest BCUT2D eigenvalue weighted by Gasteiger charge is -2.23. The smallest absolute Gasteiger partial charge is 0.387 e. The number of aromatic nitrogens is 2. The molecule has 0 atom stereocenters. The van der Waals surface area contributed by atoms with E-state index < -0.39 is 6.61 Å². The van der Waals surface area contributed by atoms with Crippen LogP contribution in [0, 0.1) is 0 Å². The molecule has 6 nitrogen and oxygen atoms in total. The Morgan fingerprint density at radius 3 is 2.79 bits per heavy atom. The first-order valence-corrected chi connectivity index (χ1v) is 9.81. The molecule has 0 aliphatic heterocycles. The molecule has 0 radical (unpaired) electrons. The summed E-state index contributed by atoms with van der Waals surface area (Å²) in [4.78, 5) is 12.3. The molecule has 1 saturated carbocycles. The summed E-state index contributed by atoms with van der Waals surface area (Å²) in [5.74, 6) is 0.529. The molecule has 156 valence electrons. The Morgan fingerprint density at radius 2 is 2.07 bits per heavy atom. The number of carbonyl (C=O) groups is 1. The van der Waals surface area contributed by atoms with Crippen molar-refractivity contribution in [3.05, 3.63) is 42.1 Å². The lowest BCUT2D eigenvalue weighted by molar-refractivity contribution is -0.111. The van der Waals surface area contributed by atoms with Gasteiger partial charge in [0, 0.05) is 12.1 Å². The average molecular weight is 405 g/mol. The number of nitrogens with one attached hydrogen (secondary N) is 1. The van der Waals surface area contributed by atoms with E-state index in [4.69, 9.17) is 4.74 Å². The highest BCUT2D eigenvalue weighted by molar-refractivity contribution is 6.01. The summed E-state index contributed by atoms with van der Waals surface area (Å²) in [5, 5.41) is 7.22. The Labute approximate surface area is 168 Å². The topological polar surface area (TPSA) is 65.4 Å². The zero-order valence-electron chi connectivity index (χ0n) is 16.3. The summed E-state index contributed by atoms with van der Waals surface area (Å²) < 4.78 is 36.7.